The minimum Gasteiger partial charge on any atom is -0.441 e. The summed E-state index contributed by atoms with van der Waals surface area (Å²) in [6.07, 6.45) is 3.22. The predicted octanol–water partition coefficient (Wildman–Crippen LogP) is 4.52. The Morgan fingerprint density at radius 1 is 1.23 bits per heavy atom. The second kappa shape index (κ2) is 11.4. The molecular weight excluding hydrogens is 568 g/mol. The lowest BCUT2D eigenvalue weighted by atomic mass is 9.92. The normalized spacial score (nSPS) is 19.0. The molecule has 232 valence electrons. The smallest absolute Gasteiger partial charge is 0.270 e. The van der Waals surface area contributed by atoms with Crippen LogP contribution < -0.4 is 10.6 Å². The lowest BCUT2D eigenvalue weighted by molar-refractivity contribution is -0.123. The maximum absolute atomic E-state index is 13.6. The maximum atomic E-state index is 13.6. The summed E-state index contributed by atoms with van der Waals surface area (Å²) >= 11 is 0. The third-order valence-electron chi connectivity index (χ3n) is 8.45. The number of hydrogen-bond donors (Lipinski definition) is 2. The molecule has 1 aromatic carbocycles. The minimum absolute atomic E-state index is 0.0158. The van der Waals surface area contributed by atoms with E-state index in [0.29, 0.717) is 49.1 Å². The molecule has 0 radical (unpaired) electrons. The zero-order chi connectivity index (χ0) is 31.2. The van der Waals surface area contributed by atoms with Crippen molar-refractivity contribution in [2.45, 2.75) is 88.8 Å². The molecule has 2 aliphatic carbocycles. The number of hydrogen-bond acceptors (Lipinski definition) is 7. The predicted molar refractivity (Wildman–Crippen MR) is 159 cm³/mol. The molecule has 0 saturated heterocycles. The van der Waals surface area contributed by atoms with Crippen molar-refractivity contribution >= 4 is 28.5 Å². The van der Waals surface area contributed by atoms with Gasteiger partial charge in [-0.1, -0.05) is 32.9 Å². The van der Waals surface area contributed by atoms with Crippen molar-refractivity contribution in [3.05, 3.63) is 53.2 Å². The van der Waals surface area contributed by atoms with E-state index in [1.165, 1.54) is 0 Å². The third kappa shape index (κ3) is 6.53. The number of halogens is 2. The zero-order valence-electron chi connectivity index (χ0n) is 25.2. The Balaban J connectivity index is 1.23. The molecule has 3 aromatic rings. The number of nitriles is 1. The molecular formula is C32H37F2N7O3. The van der Waals surface area contributed by atoms with Gasteiger partial charge >= 0.3 is 0 Å². The molecule has 0 bridgehead atoms. The minimum atomic E-state index is -2.36. The number of aromatic nitrogens is 3. The number of nitrogens with one attached hydrogen (secondary N) is 2. The summed E-state index contributed by atoms with van der Waals surface area (Å²) in [5.41, 5.74) is 3.11. The fourth-order valence-corrected chi connectivity index (χ4v) is 5.45. The molecule has 12 heteroatoms. The summed E-state index contributed by atoms with van der Waals surface area (Å²) in [5, 5.41) is 20.0. The van der Waals surface area contributed by atoms with Crippen LogP contribution in [-0.4, -0.2) is 69.1 Å². The Morgan fingerprint density at radius 2 is 2.00 bits per heavy atom. The van der Waals surface area contributed by atoms with Crippen LogP contribution in [0.25, 0.3) is 16.7 Å². The summed E-state index contributed by atoms with van der Waals surface area (Å²) < 4.78 is 33.4. The fourth-order valence-electron chi connectivity index (χ4n) is 5.45. The molecule has 2 N–H and O–H groups in total. The molecule has 0 unspecified atom stereocenters. The van der Waals surface area contributed by atoms with Crippen molar-refractivity contribution in [1.82, 2.24) is 30.3 Å². The van der Waals surface area contributed by atoms with E-state index in [0.717, 1.165) is 29.7 Å². The SMILES string of the molecule is CC(C)(C)c1cc(C(=O)N[C@@H](Cc2nc3ccc(C4=CCN(CC(F)F)CC4)cc3o2)C(=O)NC2(C#N)CC2)n(C2CC2)n1. The highest BCUT2D eigenvalue weighted by atomic mass is 19.3. The van der Waals surface area contributed by atoms with Crippen molar-refractivity contribution in [2.24, 2.45) is 0 Å². The number of oxazole rings is 1. The van der Waals surface area contributed by atoms with E-state index in [1.807, 2.05) is 45.0 Å². The highest BCUT2D eigenvalue weighted by Crippen LogP contribution is 2.37. The van der Waals surface area contributed by atoms with Gasteiger partial charge in [0.1, 0.15) is 22.8 Å². The van der Waals surface area contributed by atoms with Gasteiger partial charge in [0.05, 0.1) is 30.8 Å². The molecule has 10 nitrogen and oxygen atoms in total. The van der Waals surface area contributed by atoms with E-state index in [1.54, 1.807) is 15.6 Å². The third-order valence-corrected chi connectivity index (χ3v) is 8.45. The van der Waals surface area contributed by atoms with Gasteiger partial charge in [-0.05, 0) is 61.4 Å². The second-order valence-corrected chi connectivity index (χ2v) is 13.2. The van der Waals surface area contributed by atoms with Crippen molar-refractivity contribution in [1.29, 1.82) is 5.26 Å². The Kier molecular flexibility index (Phi) is 7.78. The van der Waals surface area contributed by atoms with Gasteiger partial charge in [-0.2, -0.15) is 10.4 Å². The molecule has 3 aliphatic rings. The monoisotopic (exact) mass is 605 g/mol. The Morgan fingerprint density at radius 3 is 2.61 bits per heavy atom. The van der Waals surface area contributed by atoms with E-state index >= 15 is 0 Å². The standard InChI is InChI=1S/C32H37F2N7O3/c1-31(2,3)26-16-24(41(39-26)21-5-6-21)30(43)37-23(29(42)38-32(18-35)10-11-32)15-28-36-22-7-4-20(14-25(22)44-28)19-8-12-40(13-9-19)17-27(33)34/h4,7-8,14,16,21,23,27H,5-6,9-13,15,17H2,1-3H3,(H,37,43)(H,38,42)/t23-/m0/s1. The number of rotatable bonds is 10. The van der Waals surface area contributed by atoms with Crippen molar-refractivity contribution in [2.75, 3.05) is 19.6 Å². The van der Waals surface area contributed by atoms with E-state index in [9.17, 15) is 23.6 Å². The highest BCUT2D eigenvalue weighted by Gasteiger charge is 2.46. The van der Waals surface area contributed by atoms with E-state index in [-0.39, 0.29) is 30.3 Å². The topological polar surface area (TPSA) is 129 Å². The van der Waals surface area contributed by atoms with Crippen LogP contribution in [0.15, 0.2) is 34.8 Å². The van der Waals surface area contributed by atoms with Gasteiger partial charge in [-0.25, -0.2) is 13.8 Å². The summed E-state index contributed by atoms with van der Waals surface area (Å²) in [7, 11) is 0. The second-order valence-electron chi connectivity index (χ2n) is 13.2. The number of amides is 2. The molecule has 44 heavy (non-hydrogen) atoms. The zero-order valence-corrected chi connectivity index (χ0v) is 25.2. The van der Waals surface area contributed by atoms with E-state index < -0.39 is 29.8 Å². The van der Waals surface area contributed by atoms with Crippen LogP contribution in [0, 0.1) is 11.3 Å². The Bertz CT molecular complexity index is 1650. The van der Waals surface area contributed by atoms with Crippen molar-refractivity contribution < 1.29 is 22.8 Å². The van der Waals surface area contributed by atoms with Crippen LogP contribution in [0.1, 0.15) is 86.6 Å². The number of carbonyl (C=O) groups excluding carboxylic acids is 2. The number of nitrogens with zero attached hydrogens (tertiary/aromatic N) is 5. The van der Waals surface area contributed by atoms with Crippen LogP contribution in [-0.2, 0) is 16.6 Å². The van der Waals surface area contributed by atoms with Crippen LogP contribution in [0.2, 0.25) is 0 Å². The Labute approximate surface area is 254 Å². The molecule has 0 spiro atoms. The lowest BCUT2D eigenvalue weighted by Gasteiger charge is -2.25. The molecule has 1 atom stereocenters. The van der Waals surface area contributed by atoms with Gasteiger partial charge in [0.15, 0.2) is 11.5 Å². The molecule has 6 rings (SSSR count). The van der Waals surface area contributed by atoms with Gasteiger partial charge in [0.25, 0.3) is 12.3 Å². The number of carbonyl (C=O) groups is 2. The molecule has 2 saturated carbocycles. The highest BCUT2D eigenvalue weighted by molar-refractivity contribution is 5.97. The number of alkyl halides is 2. The largest absolute Gasteiger partial charge is 0.441 e. The summed E-state index contributed by atoms with van der Waals surface area (Å²) in [5.74, 6) is -0.633. The number of benzene rings is 1. The van der Waals surface area contributed by atoms with Crippen LogP contribution >= 0.6 is 0 Å². The van der Waals surface area contributed by atoms with Crippen molar-refractivity contribution in [3.63, 3.8) is 0 Å². The number of fused-ring (bicyclic) bond motifs is 1. The van der Waals surface area contributed by atoms with Crippen LogP contribution in [0.4, 0.5) is 8.78 Å². The van der Waals surface area contributed by atoms with Crippen LogP contribution in [0.3, 0.4) is 0 Å². The molecule has 3 heterocycles. The van der Waals surface area contributed by atoms with Gasteiger partial charge in [-0.15, -0.1) is 0 Å². The van der Waals surface area contributed by atoms with E-state index in [4.69, 9.17) is 9.52 Å². The van der Waals surface area contributed by atoms with Crippen molar-refractivity contribution in [3.8, 4) is 6.07 Å². The molecule has 1 aliphatic heterocycles. The first-order valence-corrected chi connectivity index (χ1v) is 15.2. The first-order chi connectivity index (χ1) is 20.9. The van der Waals surface area contributed by atoms with Gasteiger partial charge in [-0.3, -0.25) is 19.2 Å². The molecule has 2 aromatic heterocycles. The Hall–Kier alpha value is -4.11. The van der Waals surface area contributed by atoms with E-state index in [2.05, 4.69) is 21.7 Å². The maximum Gasteiger partial charge on any atom is 0.270 e. The summed E-state index contributed by atoms with van der Waals surface area (Å²) in [6, 6.07) is 8.69. The van der Waals surface area contributed by atoms with Gasteiger partial charge in [0, 0.05) is 18.5 Å². The lowest BCUT2D eigenvalue weighted by Crippen LogP contribution is -2.51. The first kappa shape index (κ1) is 29.9. The average Bonchev–Trinajstić information content (AvgIpc) is 3.88. The quantitative estimate of drug-likeness (QED) is 0.348. The average molecular weight is 606 g/mol. The molecule has 2 amide bonds. The van der Waals surface area contributed by atoms with Gasteiger partial charge in [0.2, 0.25) is 5.91 Å². The van der Waals surface area contributed by atoms with Gasteiger partial charge < -0.3 is 15.1 Å². The molecule has 2 fully saturated rings. The first-order valence-electron chi connectivity index (χ1n) is 15.2. The summed E-state index contributed by atoms with van der Waals surface area (Å²) in [6.45, 7) is 6.87. The van der Waals surface area contributed by atoms with Crippen LogP contribution in [0.5, 0.6) is 0 Å². The summed E-state index contributed by atoms with van der Waals surface area (Å²) in [4.78, 5) is 33.4. The fraction of sp³-hybridized carbons (Fsp3) is 0.531.